The molecule has 0 amide bonds. The van der Waals surface area contributed by atoms with Crippen LogP contribution in [-0.2, 0) is 72.4 Å². The van der Waals surface area contributed by atoms with Gasteiger partial charge in [0.05, 0.1) is 0 Å². The molecule has 0 spiro atoms. The van der Waals surface area contributed by atoms with Crippen molar-refractivity contribution >= 4 is 43.5 Å². The summed E-state index contributed by atoms with van der Waals surface area (Å²) in [6, 6.07) is 56.1. The average molecular weight is 1230 g/mol. The quantitative estimate of drug-likeness (QED) is 0.0947. The number of aryl methyl sites for hydroxylation is 4. The largest absolute Gasteiger partial charge is 1.00 e. The summed E-state index contributed by atoms with van der Waals surface area (Å²) >= 11 is 3.38. The van der Waals surface area contributed by atoms with Gasteiger partial charge in [-0.3, -0.25) is 24.3 Å². The molecular formula is C70H76Cl2Si2Zr2-2. The molecule has 0 unspecified atom stereocenters. The summed E-state index contributed by atoms with van der Waals surface area (Å²) < 4.78 is 0. The van der Waals surface area contributed by atoms with E-state index in [0.29, 0.717) is 0 Å². The Hall–Kier alpha value is -3.98. The van der Waals surface area contributed by atoms with E-state index in [1.807, 2.05) is 0 Å². The molecule has 10 rings (SSSR count). The van der Waals surface area contributed by atoms with Gasteiger partial charge in [-0.2, -0.15) is 0 Å². The van der Waals surface area contributed by atoms with Crippen LogP contribution in [0.4, 0.5) is 0 Å². The van der Waals surface area contributed by atoms with Crippen LogP contribution in [-0.4, -0.2) is 10.9 Å². The average Bonchev–Trinajstić information content (AvgIpc) is 4.29. The normalized spacial score (nSPS) is 13.4. The summed E-state index contributed by atoms with van der Waals surface area (Å²) in [5.41, 5.74) is 21.9. The van der Waals surface area contributed by atoms with Crippen molar-refractivity contribution in [1.82, 2.24) is 0 Å². The topological polar surface area (TPSA) is 0 Å². The smallest absolute Gasteiger partial charge is 1.00 e. The second kappa shape index (κ2) is 36.2. The minimum Gasteiger partial charge on any atom is -1.00 e. The molecule has 0 radical (unpaired) electrons. The molecule has 0 aliphatic heterocycles. The Morgan fingerprint density at radius 3 is 0.684 bits per heavy atom. The van der Waals surface area contributed by atoms with Gasteiger partial charge in [-0.05, 0) is 70.2 Å². The molecule has 6 aromatic carbocycles. The van der Waals surface area contributed by atoms with Gasteiger partial charge in [0.2, 0.25) is 0 Å². The van der Waals surface area contributed by atoms with Crippen molar-refractivity contribution in [3.63, 3.8) is 0 Å². The molecule has 0 bridgehead atoms. The van der Waals surface area contributed by atoms with Gasteiger partial charge in [0.25, 0.3) is 0 Å². The van der Waals surface area contributed by atoms with E-state index in [-0.39, 0.29) is 35.7 Å². The van der Waals surface area contributed by atoms with Crippen molar-refractivity contribution in [1.29, 1.82) is 0 Å². The SMILES string of the molecule is CCc1ccccc1C1=CC(C)=[C-]C1.CCc1ccccc1C1=CC(C)=[C-]C1.CCc1ccccc1C1=CC(C)=[C-]C1.CCc1ccccc1C1=CC(C)=[C-]C1.C[Si](=[Zr+2])c1ccccc1.C[Si](=[Zr+2])c1ccccc1.[Cl-].[Cl-]. The fraction of sp³-hybridized carbons (Fsp3) is 0.257. The van der Waals surface area contributed by atoms with Crippen LogP contribution in [0.3, 0.4) is 0 Å². The van der Waals surface area contributed by atoms with Crippen molar-refractivity contribution in [3.8, 4) is 0 Å². The van der Waals surface area contributed by atoms with E-state index in [9.17, 15) is 0 Å². The number of hydrogen-bond donors (Lipinski definition) is 0. The predicted octanol–water partition coefficient (Wildman–Crippen LogP) is 11.3. The maximum Gasteiger partial charge on any atom is -1.00 e. The van der Waals surface area contributed by atoms with Crippen molar-refractivity contribution in [3.05, 3.63) is 273 Å². The maximum atomic E-state index is 3.34. The number of benzene rings is 6. The Kier molecular flexibility index (Phi) is 31.6. The van der Waals surface area contributed by atoms with E-state index in [1.54, 1.807) is 57.0 Å². The van der Waals surface area contributed by atoms with E-state index in [4.69, 9.17) is 0 Å². The minimum absolute atomic E-state index is 0. The first-order valence-corrected chi connectivity index (χ1v) is 37.9. The van der Waals surface area contributed by atoms with Crippen LogP contribution >= 0.6 is 0 Å². The predicted molar refractivity (Wildman–Crippen MR) is 319 cm³/mol. The Labute approximate surface area is 503 Å². The molecule has 76 heavy (non-hydrogen) atoms. The molecule has 0 saturated carbocycles. The number of rotatable bonds is 10. The standard InChI is InChI=1S/4C14H15.2C7H8Si.2ClH.2Zr/c4*1-3-12-6-4-5-7-14(12)13-9-8-11(2)10-13;2*1-8-7-5-3-2-4-6-7;;;;/h4*4-7,10H,3,9H2,1-2H3;2*2-6H,1H3;2*1H;;/q4*-1;;;;;2*+2/p-2. The van der Waals surface area contributed by atoms with Gasteiger partial charge in [-0.1, -0.05) is 152 Å². The van der Waals surface area contributed by atoms with E-state index in [0.717, 1.165) is 51.4 Å². The van der Waals surface area contributed by atoms with Gasteiger partial charge in [-0.25, -0.2) is 46.6 Å². The van der Waals surface area contributed by atoms with Crippen LogP contribution in [0.1, 0.15) is 126 Å². The van der Waals surface area contributed by atoms with E-state index < -0.39 is 0 Å². The molecular weight excluding hydrogens is 1150 g/mol. The Balaban J connectivity index is 0.000000241. The van der Waals surface area contributed by atoms with Gasteiger partial charge in [-0.15, -0.1) is 48.0 Å². The molecule has 0 atom stereocenters. The Bertz CT molecular complexity index is 2710. The van der Waals surface area contributed by atoms with Gasteiger partial charge < -0.3 is 24.8 Å². The van der Waals surface area contributed by atoms with Crippen LogP contribution in [0.5, 0.6) is 0 Å². The van der Waals surface area contributed by atoms with Gasteiger partial charge >= 0.3 is 142 Å². The molecule has 4 aliphatic carbocycles. The third kappa shape index (κ3) is 21.7. The van der Waals surface area contributed by atoms with Gasteiger partial charge in [0.1, 0.15) is 0 Å². The Morgan fingerprint density at radius 1 is 0.329 bits per heavy atom. The fourth-order valence-corrected chi connectivity index (χ4v) is 12.9. The molecule has 0 nitrogen and oxygen atoms in total. The molecule has 0 saturated heterocycles. The molecule has 388 valence electrons. The zero-order chi connectivity index (χ0) is 53.2. The van der Waals surface area contributed by atoms with Crippen LogP contribution in [0.25, 0.3) is 22.3 Å². The van der Waals surface area contributed by atoms with Gasteiger partial charge in [0.15, 0.2) is 0 Å². The van der Waals surface area contributed by atoms with E-state index in [1.165, 1.54) is 89.1 Å². The summed E-state index contributed by atoms with van der Waals surface area (Å²) in [6.45, 7) is 22.0. The van der Waals surface area contributed by atoms with Gasteiger partial charge in [0, 0.05) is 0 Å². The summed E-state index contributed by atoms with van der Waals surface area (Å²) in [6.07, 6.45) is 30.7. The van der Waals surface area contributed by atoms with E-state index in [2.05, 4.69) is 275 Å². The summed E-state index contributed by atoms with van der Waals surface area (Å²) in [7, 11) is 0. The molecule has 6 heteroatoms. The number of hydrogen-bond acceptors (Lipinski definition) is 0. The van der Waals surface area contributed by atoms with Crippen molar-refractivity contribution < 1.29 is 71.5 Å². The van der Waals surface area contributed by atoms with Crippen molar-refractivity contribution in [2.24, 2.45) is 0 Å². The second-order valence-corrected chi connectivity index (χ2v) is 33.6. The van der Waals surface area contributed by atoms with E-state index >= 15 is 0 Å². The van der Waals surface area contributed by atoms with Crippen molar-refractivity contribution in [2.45, 2.75) is 120 Å². The first-order valence-electron chi connectivity index (χ1n) is 26.5. The summed E-state index contributed by atoms with van der Waals surface area (Å²) in [4.78, 5) is 0. The molecule has 6 aromatic rings. The Morgan fingerprint density at radius 2 is 0.526 bits per heavy atom. The second-order valence-electron chi connectivity index (χ2n) is 18.8. The van der Waals surface area contributed by atoms with Crippen LogP contribution < -0.4 is 35.2 Å². The number of halogens is 2. The molecule has 0 fully saturated rings. The first-order chi connectivity index (χ1) is 35.8. The zero-order valence-corrected chi connectivity index (χ0v) is 55.2. The molecule has 0 N–H and O–H groups in total. The molecule has 4 aliphatic rings. The maximum absolute atomic E-state index is 3.34. The summed E-state index contributed by atoms with van der Waals surface area (Å²) in [5, 5.41) is 3.11. The van der Waals surface area contributed by atoms with Crippen LogP contribution in [0.15, 0.2) is 204 Å². The summed E-state index contributed by atoms with van der Waals surface area (Å²) in [5.74, 6) is 0. The monoisotopic (exact) mass is 1220 g/mol. The molecule has 0 aromatic heterocycles. The first kappa shape index (κ1) is 66.3. The minimum atomic E-state index is -0.122. The van der Waals surface area contributed by atoms with Crippen molar-refractivity contribution in [2.75, 3.05) is 0 Å². The third-order valence-corrected chi connectivity index (χ3v) is 19.8. The fourth-order valence-electron chi connectivity index (χ4n) is 9.03. The third-order valence-electron chi connectivity index (χ3n) is 13.2. The van der Waals surface area contributed by atoms with Crippen LogP contribution in [0, 0.1) is 24.3 Å². The van der Waals surface area contributed by atoms with Crippen LogP contribution in [0.2, 0.25) is 13.1 Å². The zero-order valence-electron chi connectivity index (χ0n) is 46.7. The molecule has 0 heterocycles. The number of allylic oxidation sites excluding steroid dienone is 16.